The van der Waals surface area contributed by atoms with Gasteiger partial charge in [-0.3, -0.25) is 4.79 Å². The zero-order chi connectivity index (χ0) is 12.0. The van der Waals surface area contributed by atoms with Crippen molar-refractivity contribution in [1.29, 1.82) is 5.26 Å². The molecule has 0 aliphatic heterocycles. The average molecular weight is 219 g/mol. The molecule has 1 rings (SSSR count). The first-order chi connectivity index (χ1) is 7.65. The normalized spacial score (nSPS) is 9.25. The van der Waals surface area contributed by atoms with Crippen molar-refractivity contribution >= 4 is 11.6 Å². The van der Waals surface area contributed by atoms with Gasteiger partial charge in [-0.15, -0.1) is 0 Å². The molecule has 0 atom stereocenters. The number of carbonyl (C=O) groups is 1. The van der Waals surface area contributed by atoms with Gasteiger partial charge in [-0.25, -0.2) is 0 Å². The van der Waals surface area contributed by atoms with Gasteiger partial charge in [0.05, 0.1) is 11.8 Å². The van der Waals surface area contributed by atoms with Crippen molar-refractivity contribution in [1.82, 2.24) is 5.32 Å². The van der Waals surface area contributed by atoms with Crippen molar-refractivity contribution in [2.45, 2.75) is 6.92 Å². The molecular weight excluding hydrogens is 206 g/mol. The predicted octanol–water partition coefficient (Wildman–Crippen LogP) is 0.596. The number of para-hydroxylation sites is 1. The standard InChI is InChI=1S/C11H13N3O2/c1-8-3-2-4-9(13)11(8)16-7-10(15)14-6-5-12/h2-4H,6-7,13H2,1H3,(H,14,15). The zero-order valence-corrected chi connectivity index (χ0v) is 8.99. The van der Waals surface area contributed by atoms with Crippen LogP contribution >= 0.6 is 0 Å². The van der Waals surface area contributed by atoms with Crippen LogP contribution < -0.4 is 15.8 Å². The van der Waals surface area contributed by atoms with Crippen LogP contribution in [0.3, 0.4) is 0 Å². The molecule has 5 heteroatoms. The Kier molecular flexibility index (Phi) is 4.16. The molecule has 0 saturated heterocycles. The van der Waals surface area contributed by atoms with Crippen molar-refractivity contribution in [3.8, 4) is 11.8 Å². The highest BCUT2D eigenvalue weighted by Crippen LogP contribution is 2.24. The number of nitrogen functional groups attached to an aromatic ring is 1. The van der Waals surface area contributed by atoms with Crippen LogP contribution in [-0.4, -0.2) is 19.1 Å². The zero-order valence-electron chi connectivity index (χ0n) is 8.99. The van der Waals surface area contributed by atoms with Crippen LogP contribution in [0.2, 0.25) is 0 Å². The summed E-state index contributed by atoms with van der Waals surface area (Å²) in [7, 11) is 0. The number of nitrogens with one attached hydrogen (secondary N) is 1. The first kappa shape index (κ1) is 11.9. The maximum absolute atomic E-state index is 11.2. The number of ether oxygens (including phenoxy) is 1. The molecule has 0 bridgehead atoms. The summed E-state index contributed by atoms with van der Waals surface area (Å²) < 4.78 is 5.28. The van der Waals surface area contributed by atoms with Crippen molar-refractivity contribution in [2.24, 2.45) is 0 Å². The maximum Gasteiger partial charge on any atom is 0.258 e. The van der Waals surface area contributed by atoms with Gasteiger partial charge in [0.1, 0.15) is 12.3 Å². The van der Waals surface area contributed by atoms with Crippen LogP contribution in [-0.2, 0) is 4.79 Å². The van der Waals surface area contributed by atoms with E-state index in [1.54, 1.807) is 6.07 Å². The Balaban J connectivity index is 2.55. The minimum Gasteiger partial charge on any atom is -0.481 e. The molecule has 0 spiro atoms. The number of nitrogens with zero attached hydrogens (tertiary/aromatic N) is 1. The summed E-state index contributed by atoms with van der Waals surface area (Å²) in [6.45, 7) is 1.68. The van der Waals surface area contributed by atoms with Crippen LogP contribution in [0.25, 0.3) is 0 Å². The molecule has 16 heavy (non-hydrogen) atoms. The number of rotatable bonds is 4. The number of hydrogen-bond acceptors (Lipinski definition) is 4. The van der Waals surface area contributed by atoms with Crippen LogP contribution in [0.15, 0.2) is 18.2 Å². The molecule has 0 heterocycles. The lowest BCUT2D eigenvalue weighted by atomic mass is 10.2. The Hall–Kier alpha value is -2.22. The van der Waals surface area contributed by atoms with Gasteiger partial charge in [-0.2, -0.15) is 5.26 Å². The van der Waals surface area contributed by atoms with E-state index < -0.39 is 0 Å². The van der Waals surface area contributed by atoms with Gasteiger partial charge >= 0.3 is 0 Å². The number of anilines is 1. The lowest BCUT2D eigenvalue weighted by molar-refractivity contribution is -0.122. The van der Waals surface area contributed by atoms with Gasteiger partial charge in [0.2, 0.25) is 0 Å². The Morgan fingerprint density at radius 2 is 2.38 bits per heavy atom. The van der Waals surface area contributed by atoms with E-state index in [9.17, 15) is 4.79 Å². The Morgan fingerprint density at radius 3 is 3.00 bits per heavy atom. The van der Waals surface area contributed by atoms with E-state index >= 15 is 0 Å². The fourth-order valence-corrected chi connectivity index (χ4v) is 1.20. The molecule has 84 valence electrons. The van der Waals surface area contributed by atoms with E-state index in [0.717, 1.165) is 5.56 Å². The topological polar surface area (TPSA) is 88.1 Å². The van der Waals surface area contributed by atoms with Crippen LogP contribution in [0, 0.1) is 18.3 Å². The number of nitriles is 1. The largest absolute Gasteiger partial charge is 0.481 e. The highest BCUT2D eigenvalue weighted by atomic mass is 16.5. The van der Waals surface area contributed by atoms with Gasteiger partial charge in [-0.05, 0) is 18.6 Å². The predicted molar refractivity (Wildman–Crippen MR) is 59.7 cm³/mol. The highest BCUT2D eigenvalue weighted by Gasteiger charge is 2.06. The van der Waals surface area contributed by atoms with Gasteiger partial charge in [-0.1, -0.05) is 12.1 Å². The van der Waals surface area contributed by atoms with E-state index in [1.165, 1.54) is 0 Å². The van der Waals surface area contributed by atoms with Gasteiger partial charge in [0, 0.05) is 0 Å². The smallest absolute Gasteiger partial charge is 0.258 e. The fourth-order valence-electron chi connectivity index (χ4n) is 1.20. The molecule has 0 saturated carbocycles. The number of nitrogens with two attached hydrogens (primary N) is 1. The van der Waals surface area contributed by atoms with E-state index in [4.69, 9.17) is 15.7 Å². The highest BCUT2D eigenvalue weighted by molar-refractivity contribution is 5.78. The summed E-state index contributed by atoms with van der Waals surface area (Å²) in [4.78, 5) is 11.2. The first-order valence-corrected chi connectivity index (χ1v) is 4.76. The quantitative estimate of drug-likeness (QED) is 0.573. The molecule has 0 aliphatic rings. The van der Waals surface area contributed by atoms with Gasteiger partial charge < -0.3 is 15.8 Å². The van der Waals surface area contributed by atoms with E-state index in [-0.39, 0.29) is 19.1 Å². The number of benzene rings is 1. The summed E-state index contributed by atoms with van der Waals surface area (Å²) >= 11 is 0. The molecule has 5 nitrogen and oxygen atoms in total. The fraction of sp³-hybridized carbons (Fsp3) is 0.273. The van der Waals surface area contributed by atoms with Gasteiger partial charge in [0.15, 0.2) is 6.61 Å². The summed E-state index contributed by atoms with van der Waals surface area (Å²) in [6.07, 6.45) is 0. The Bertz CT molecular complexity index is 403. The SMILES string of the molecule is Cc1cccc(N)c1OCC(=O)NCC#N. The van der Waals surface area contributed by atoms with Crippen molar-refractivity contribution < 1.29 is 9.53 Å². The second-order valence-corrected chi connectivity index (χ2v) is 3.22. The molecule has 0 unspecified atom stereocenters. The Morgan fingerprint density at radius 1 is 1.62 bits per heavy atom. The molecule has 0 aromatic heterocycles. The number of amides is 1. The molecule has 0 aliphatic carbocycles. The lowest BCUT2D eigenvalue weighted by Crippen LogP contribution is -2.29. The lowest BCUT2D eigenvalue weighted by Gasteiger charge is -2.10. The number of hydrogen-bond donors (Lipinski definition) is 2. The minimum absolute atomic E-state index is 0.0224. The third-order valence-corrected chi connectivity index (χ3v) is 1.95. The first-order valence-electron chi connectivity index (χ1n) is 4.76. The van der Waals surface area contributed by atoms with Gasteiger partial charge in [0.25, 0.3) is 5.91 Å². The summed E-state index contributed by atoms with van der Waals surface area (Å²) in [5.74, 6) is 0.166. The van der Waals surface area contributed by atoms with Crippen LogP contribution in [0.4, 0.5) is 5.69 Å². The molecule has 0 fully saturated rings. The second kappa shape index (κ2) is 5.61. The third kappa shape index (κ3) is 3.17. The molecule has 1 aromatic carbocycles. The van der Waals surface area contributed by atoms with Crippen LogP contribution in [0.5, 0.6) is 5.75 Å². The van der Waals surface area contributed by atoms with E-state index in [2.05, 4.69) is 5.32 Å². The average Bonchev–Trinajstić information content (AvgIpc) is 2.25. The summed E-state index contributed by atoms with van der Waals surface area (Å²) in [5, 5.41) is 10.6. The third-order valence-electron chi connectivity index (χ3n) is 1.95. The van der Waals surface area contributed by atoms with Crippen molar-refractivity contribution in [3.63, 3.8) is 0 Å². The Labute approximate surface area is 93.8 Å². The molecule has 1 aromatic rings. The van der Waals surface area contributed by atoms with Crippen molar-refractivity contribution in [3.05, 3.63) is 23.8 Å². The second-order valence-electron chi connectivity index (χ2n) is 3.22. The van der Waals surface area contributed by atoms with Crippen LogP contribution in [0.1, 0.15) is 5.56 Å². The summed E-state index contributed by atoms with van der Waals surface area (Å²) in [5.41, 5.74) is 7.06. The minimum atomic E-state index is -0.343. The molecule has 1 amide bonds. The molecule has 3 N–H and O–H groups in total. The summed E-state index contributed by atoms with van der Waals surface area (Å²) in [6, 6.07) is 7.17. The number of aryl methyl sites for hydroxylation is 1. The maximum atomic E-state index is 11.2. The number of carbonyl (C=O) groups excluding carboxylic acids is 1. The van der Waals surface area contributed by atoms with E-state index in [1.807, 2.05) is 25.1 Å². The monoisotopic (exact) mass is 219 g/mol. The molecule has 0 radical (unpaired) electrons. The van der Waals surface area contributed by atoms with Crippen molar-refractivity contribution in [2.75, 3.05) is 18.9 Å². The molecular formula is C11H13N3O2. The van der Waals surface area contributed by atoms with E-state index in [0.29, 0.717) is 11.4 Å².